The molecule has 0 heterocycles. The molecule has 106 valence electrons. The number of carbonyl (C=O) groups excluding carboxylic acids is 1. The van der Waals surface area contributed by atoms with E-state index in [9.17, 15) is 18.3 Å². The Balaban J connectivity index is 2.81. The minimum Gasteiger partial charge on any atom is -0.467 e. The Bertz CT molecular complexity index is 570. The van der Waals surface area contributed by atoms with Gasteiger partial charge < -0.3 is 15.6 Å². The number of aliphatic hydroxyl groups is 1. The molecule has 0 aliphatic carbocycles. The third-order valence-electron chi connectivity index (χ3n) is 2.50. The minimum absolute atomic E-state index is 0.0346. The molecule has 4 N–H and O–H groups in total. The van der Waals surface area contributed by atoms with E-state index in [4.69, 9.17) is 5.73 Å². The molecule has 1 aromatic rings. The number of hydrogen-bond donors (Lipinski definition) is 3. The Hall–Kier alpha value is -1.64. The van der Waals surface area contributed by atoms with Gasteiger partial charge >= 0.3 is 5.97 Å². The number of nitrogens with two attached hydrogens (primary N) is 1. The van der Waals surface area contributed by atoms with Gasteiger partial charge in [-0.1, -0.05) is 6.07 Å². The predicted molar refractivity (Wildman–Crippen MR) is 68.8 cm³/mol. The number of benzene rings is 1. The quantitative estimate of drug-likeness (QED) is 0.491. The summed E-state index contributed by atoms with van der Waals surface area (Å²) in [5.74, 6) is -0.911. The van der Waals surface area contributed by atoms with Gasteiger partial charge in [0.25, 0.3) is 0 Å². The van der Waals surface area contributed by atoms with Crippen LogP contribution in [-0.2, 0) is 19.6 Å². The van der Waals surface area contributed by atoms with Gasteiger partial charge in [0, 0.05) is 12.2 Å². The number of nitrogen functional groups attached to an aromatic ring is 1. The number of methoxy groups -OCH3 is 1. The number of aliphatic hydroxyl groups excluding tert-OH is 1. The van der Waals surface area contributed by atoms with Gasteiger partial charge in [0.1, 0.15) is 0 Å². The van der Waals surface area contributed by atoms with Crippen molar-refractivity contribution in [1.82, 2.24) is 4.72 Å². The Morgan fingerprint density at radius 3 is 2.68 bits per heavy atom. The van der Waals surface area contributed by atoms with E-state index in [1.807, 2.05) is 0 Å². The standard InChI is InChI=1S/C11H16N2O5S/c1-7-3-4-8(5-9(7)12)19(16,17)13-6-10(14)11(15)18-2/h3-5,10,13-14H,6,12H2,1-2H3. The molecule has 1 rings (SSSR count). The molecule has 0 aromatic heterocycles. The molecule has 0 fully saturated rings. The van der Waals surface area contributed by atoms with Crippen molar-refractivity contribution in [2.45, 2.75) is 17.9 Å². The van der Waals surface area contributed by atoms with Gasteiger partial charge in [0.15, 0.2) is 6.10 Å². The maximum absolute atomic E-state index is 11.9. The maximum atomic E-state index is 11.9. The van der Waals surface area contributed by atoms with E-state index in [1.54, 1.807) is 13.0 Å². The molecule has 1 unspecified atom stereocenters. The summed E-state index contributed by atoms with van der Waals surface area (Å²) in [4.78, 5) is 10.9. The smallest absolute Gasteiger partial charge is 0.336 e. The third-order valence-corrected chi connectivity index (χ3v) is 3.92. The molecular formula is C11H16N2O5S. The molecule has 1 aromatic carbocycles. The lowest BCUT2D eigenvalue weighted by molar-refractivity contribution is -0.149. The normalized spacial score (nSPS) is 13.0. The summed E-state index contributed by atoms with van der Waals surface area (Å²) >= 11 is 0. The van der Waals surface area contributed by atoms with Crippen molar-refractivity contribution in [3.63, 3.8) is 0 Å². The number of rotatable bonds is 5. The Morgan fingerprint density at radius 2 is 2.16 bits per heavy atom. The predicted octanol–water partition coefficient (Wildman–Crippen LogP) is -0.611. The summed E-state index contributed by atoms with van der Waals surface area (Å²) < 4.78 is 30.1. The molecule has 19 heavy (non-hydrogen) atoms. The van der Waals surface area contributed by atoms with Crippen molar-refractivity contribution in [2.75, 3.05) is 19.4 Å². The van der Waals surface area contributed by atoms with Crippen LogP contribution in [-0.4, -0.2) is 39.3 Å². The lowest BCUT2D eigenvalue weighted by atomic mass is 10.2. The second kappa shape index (κ2) is 6.00. The highest BCUT2D eigenvalue weighted by atomic mass is 32.2. The number of nitrogens with one attached hydrogen (secondary N) is 1. The van der Waals surface area contributed by atoms with Crippen LogP contribution in [0.1, 0.15) is 5.56 Å². The van der Waals surface area contributed by atoms with Crippen LogP contribution in [0.5, 0.6) is 0 Å². The van der Waals surface area contributed by atoms with E-state index >= 15 is 0 Å². The molecule has 0 spiro atoms. The number of carbonyl (C=O) groups is 1. The van der Waals surface area contributed by atoms with Crippen LogP contribution in [0.3, 0.4) is 0 Å². The average molecular weight is 288 g/mol. The molecular weight excluding hydrogens is 272 g/mol. The van der Waals surface area contributed by atoms with E-state index in [-0.39, 0.29) is 4.90 Å². The van der Waals surface area contributed by atoms with Crippen LogP contribution in [0.4, 0.5) is 5.69 Å². The first kappa shape index (κ1) is 15.4. The van der Waals surface area contributed by atoms with Gasteiger partial charge in [-0.05, 0) is 24.6 Å². The van der Waals surface area contributed by atoms with E-state index in [2.05, 4.69) is 9.46 Å². The number of esters is 1. The van der Waals surface area contributed by atoms with Gasteiger partial charge in [0.2, 0.25) is 10.0 Å². The number of anilines is 1. The first-order valence-corrected chi connectivity index (χ1v) is 6.88. The SMILES string of the molecule is COC(=O)C(O)CNS(=O)(=O)c1ccc(C)c(N)c1. The average Bonchev–Trinajstić information content (AvgIpc) is 2.38. The molecule has 0 saturated carbocycles. The monoisotopic (exact) mass is 288 g/mol. The molecule has 0 bridgehead atoms. The molecule has 0 aliphatic rings. The van der Waals surface area contributed by atoms with Gasteiger partial charge in [-0.25, -0.2) is 17.9 Å². The molecule has 7 nitrogen and oxygen atoms in total. The Labute approximate surface area is 111 Å². The van der Waals surface area contributed by atoms with Crippen molar-refractivity contribution >= 4 is 21.7 Å². The Kier molecular flexibility index (Phi) is 4.87. The third kappa shape index (κ3) is 3.91. The van der Waals surface area contributed by atoms with Gasteiger partial charge in [-0.3, -0.25) is 0 Å². The van der Waals surface area contributed by atoms with Crippen molar-refractivity contribution in [2.24, 2.45) is 0 Å². The topological polar surface area (TPSA) is 119 Å². The van der Waals surface area contributed by atoms with Crippen LogP contribution in [0.25, 0.3) is 0 Å². The van der Waals surface area contributed by atoms with E-state index < -0.39 is 28.6 Å². The van der Waals surface area contributed by atoms with E-state index in [1.165, 1.54) is 12.1 Å². The number of sulfonamides is 1. The Morgan fingerprint density at radius 1 is 1.53 bits per heavy atom. The van der Waals surface area contributed by atoms with Crippen molar-refractivity contribution < 1.29 is 23.1 Å². The van der Waals surface area contributed by atoms with Crippen LogP contribution < -0.4 is 10.5 Å². The molecule has 1 atom stereocenters. The highest BCUT2D eigenvalue weighted by Crippen LogP contribution is 2.16. The summed E-state index contributed by atoms with van der Waals surface area (Å²) in [6, 6.07) is 4.27. The van der Waals surface area contributed by atoms with Crippen LogP contribution in [0, 0.1) is 6.92 Å². The lowest BCUT2D eigenvalue weighted by Crippen LogP contribution is -2.37. The fourth-order valence-electron chi connectivity index (χ4n) is 1.28. The van der Waals surface area contributed by atoms with Crippen LogP contribution in [0.15, 0.2) is 23.1 Å². The van der Waals surface area contributed by atoms with Crippen molar-refractivity contribution in [1.29, 1.82) is 0 Å². The largest absolute Gasteiger partial charge is 0.467 e. The fourth-order valence-corrected chi connectivity index (χ4v) is 2.35. The maximum Gasteiger partial charge on any atom is 0.336 e. The zero-order valence-electron chi connectivity index (χ0n) is 10.6. The summed E-state index contributed by atoms with van der Waals surface area (Å²) in [5, 5.41) is 9.30. The zero-order chi connectivity index (χ0) is 14.6. The minimum atomic E-state index is -3.83. The van der Waals surface area contributed by atoms with Crippen molar-refractivity contribution in [3.8, 4) is 0 Å². The molecule has 8 heteroatoms. The summed E-state index contributed by atoms with van der Waals surface area (Å²) in [5.41, 5.74) is 6.73. The van der Waals surface area contributed by atoms with Gasteiger partial charge in [-0.2, -0.15) is 0 Å². The van der Waals surface area contributed by atoms with E-state index in [0.717, 1.165) is 12.7 Å². The van der Waals surface area contributed by atoms with Gasteiger partial charge in [0.05, 0.1) is 12.0 Å². The first-order chi connectivity index (χ1) is 8.77. The fraction of sp³-hybridized carbons (Fsp3) is 0.364. The first-order valence-electron chi connectivity index (χ1n) is 5.39. The van der Waals surface area contributed by atoms with Gasteiger partial charge in [-0.15, -0.1) is 0 Å². The van der Waals surface area contributed by atoms with Crippen LogP contribution >= 0.6 is 0 Å². The number of aryl methyl sites for hydroxylation is 1. The zero-order valence-corrected chi connectivity index (χ0v) is 11.4. The summed E-state index contributed by atoms with van der Waals surface area (Å²) in [6.45, 7) is 1.28. The second-order valence-electron chi connectivity index (χ2n) is 3.91. The van der Waals surface area contributed by atoms with Crippen LogP contribution in [0.2, 0.25) is 0 Å². The number of hydrogen-bond acceptors (Lipinski definition) is 6. The highest BCUT2D eigenvalue weighted by molar-refractivity contribution is 7.89. The van der Waals surface area contributed by atoms with Crippen molar-refractivity contribution in [3.05, 3.63) is 23.8 Å². The second-order valence-corrected chi connectivity index (χ2v) is 5.68. The summed E-state index contributed by atoms with van der Waals surface area (Å²) in [6.07, 6.45) is -1.55. The number of ether oxygens (including phenoxy) is 1. The highest BCUT2D eigenvalue weighted by Gasteiger charge is 2.20. The molecule has 0 saturated heterocycles. The summed E-state index contributed by atoms with van der Waals surface area (Å²) in [7, 11) is -2.74. The molecule has 0 radical (unpaired) electrons. The van der Waals surface area contributed by atoms with E-state index in [0.29, 0.717) is 5.69 Å². The molecule has 0 aliphatic heterocycles. The lowest BCUT2D eigenvalue weighted by Gasteiger charge is -2.11. The molecule has 0 amide bonds.